The SMILES string of the molecule is Cc1ccc(C(C#N)c2cc(C)c(NC(=O)c3cc(Cl)ccc3N)cc2Cl)cc1. The lowest BCUT2D eigenvalue weighted by Gasteiger charge is -2.16. The number of rotatable bonds is 4. The third-order valence-electron chi connectivity index (χ3n) is 4.70. The number of nitriles is 1. The predicted molar refractivity (Wildman–Crippen MR) is 119 cm³/mol. The molecule has 0 bridgehead atoms. The molecule has 3 N–H and O–H groups in total. The van der Waals surface area contributed by atoms with Crippen LogP contribution in [0.5, 0.6) is 0 Å². The van der Waals surface area contributed by atoms with Crippen LogP contribution in [-0.2, 0) is 0 Å². The molecule has 4 nitrogen and oxygen atoms in total. The minimum atomic E-state index is -0.505. The van der Waals surface area contributed by atoms with Gasteiger partial charge < -0.3 is 11.1 Å². The van der Waals surface area contributed by atoms with Gasteiger partial charge in [-0.2, -0.15) is 5.26 Å². The van der Waals surface area contributed by atoms with E-state index in [0.29, 0.717) is 27.0 Å². The van der Waals surface area contributed by atoms with Crippen molar-refractivity contribution in [3.8, 4) is 6.07 Å². The summed E-state index contributed by atoms with van der Waals surface area (Å²) in [6.45, 7) is 3.84. The van der Waals surface area contributed by atoms with Gasteiger partial charge in [0.25, 0.3) is 5.91 Å². The summed E-state index contributed by atoms with van der Waals surface area (Å²) in [4.78, 5) is 12.6. The van der Waals surface area contributed by atoms with Gasteiger partial charge in [0.05, 0.1) is 17.6 Å². The zero-order valence-corrected chi connectivity index (χ0v) is 17.5. The molecule has 1 atom stereocenters. The summed E-state index contributed by atoms with van der Waals surface area (Å²) in [5.74, 6) is -0.887. The van der Waals surface area contributed by atoms with Crippen molar-refractivity contribution in [2.75, 3.05) is 11.1 Å². The van der Waals surface area contributed by atoms with E-state index in [1.165, 1.54) is 6.07 Å². The summed E-state index contributed by atoms with van der Waals surface area (Å²) in [5.41, 5.74) is 10.5. The molecule has 0 aliphatic heterocycles. The summed E-state index contributed by atoms with van der Waals surface area (Å²) >= 11 is 12.5. The lowest BCUT2D eigenvalue weighted by atomic mass is 9.90. The third kappa shape index (κ3) is 4.54. The Morgan fingerprint density at radius 1 is 1.07 bits per heavy atom. The van der Waals surface area contributed by atoms with E-state index in [2.05, 4.69) is 11.4 Å². The average Bonchev–Trinajstić information content (AvgIpc) is 2.69. The summed E-state index contributed by atoms with van der Waals surface area (Å²) < 4.78 is 0. The van der Waals surface area contributed by atoms with Crippen LogP contribution >= 0.6 is 23.2 Å². The van der Waals surface area contributed by atoms with Crippen molar-refractivity contribution in [3.63, 3.8) is 0 Å². The lowest BCUT2D eigenvalue weighted by molar-refractivity contribution is 0.102. The largest absolute Gasteiger partial charge is 0.398 e. The number of aryl methyl sites for hydroxylation is 2. The van der Waals surface area contributed by atoms with Crippen LogP contribution in [0.2, 0.25) is 10.0 Å². The molecule has 3 aromatic carbocycles. The molecule has 0 aliphatic rings. The van der Waals surface area contributed by atoms with Gasteiger partial charge >= 0.3 is 0 Å². The fourth-order valence-corrected chi connectivity index (χ4v) is 3.50. The monoisotopic (exact) mass is 423 g/mol. The quantitative estimate of drug-likeness (QED) is 0.497. The van der Waals surface area contributed by atoms with E-state index in [1.54, 1.807) is 18.2 Å². The topological polar surface area (TPSA) is 78.9 Å². The maximum absolute atomic E-state index is 12.6. The van der Waals surface area contributed by atoms with Gasteiger partial charge in [0, 0.05) is 21.4 Å². The number of benzene rings is 3. The van der Waals surface area contributed by atoms with Crippen molar-refractivity contribution >= 4 is 40.5 Å². The molecular weight excluding hydrogens is 405 g/mol. The highest BCUT2D eigenvalue weighted by atomic mass is 35.5. The number of amides is 1. The smallest absolute Gasteiger partial charge is 0.257 e. The fraction of sp³-hybridized carbons (Fsp3) is 0.130. The van der Waals surface area contributed by atoms with Gasteiger partial charge in [-0.15, -0.1) is 0 Å². The number of halogens is 2. The number of hydrogen-bond acceptors (Lipinski definition) is 3. The zero-order valence-electron chi connectivity index (χ0n) is 16.0. The van der Waals surface area contributed by atoms with Gasteiger partial charge in [-0.3, -0.25) is 4.79 Å². The second kappa shape index (κ2) is 8.57. The van der Waals surface area contributed by atoms with Crippen LogP contribution in [0, 0.1) is 25.2 Å². The van der Waals surface area contributed by atoms with E-state index in [1.807, 2.05) is 44.2 Å². The summed E-state index contributed by atoms with van der Waals surface area (Å²) in [7, 11) is 0. The number of nitrogens with zero attached hydrogens (tertiary/aromatic N) is 1. The molecule has 6 heteroatoms. The van der Waals surface area contributed by atoms with E-state index in [4.69, 9.17) is 28.9 Å². The first-order valence-electron chi connectivity index (χ1n) is 8.92. The predicted octanol–water partition coefficient (Wildman–Crippen LogP) is 6.10. The van der Waals surface area contributed by atoms with Crippen molar-refractivity contribution in [1.82, 2.24) is 0 Å². The molecule has 0 saturated heterocycles. The van der Waals surface area contributed by atoms with Crippen molar-refractivity contribution < 1.29 is 4.79 Å². The average molecular weight is 424 g/mol. The van der Waals surface area contributed by atoms with Gasteiger partial charge in [-0.05, 0) is 54.8 Å². The first kappa shape index (κ1) is 20.7. The van der Waals surface area contributed by atoms with Crippen LogP contribution in [0.25, 0.3) is 0 Å². The van der Waals surface area contributed by atoms with Gasteiger partial charge in [0.2, 0.25) is 0 Å². The van der Waals surface area contributed by atoms with Crippen LogP contribution in [-0.4, -0.2) is 5.91 Å². The van der Waals surface area contributed by atoms with Gasteiger partial charge in [0.1, 0.15) is 0 Å². The number of nitrogens with two attached hydrogens (primary N) is 1. The third-order valence-corrected chi connectivity index (χ3v) is 5.27. The number of hydrogen-bond donors (Lipinski definition) is 2. The van der Waals surface area contributed by atoms with E-state index < -0.39 is 5.92 Å². The summed E-state index contributed by atoms with van der Waals surface area (Å²) in [5, 5.41) is 13.4. The van der Waals surface area contributed by atoms with Crippen molar-refractivity contribution in [2.24, 2.45) is 0 Å². The molecule has 0 aromatic heterocycles. The molecule has 3 rings (SSSR count). The molecule has 0 heterocycles. The molecule has 0 aliphatic carbocycles. The molecule has 0 radical (unpaired) electrons. The Morgan fingerprint density at radius 2 is 1.76 bits per heavy atom. The van der Waals surface area contributed by atoms with Crippen LogP contribution < -0.4 is 11.1 Å². The minimum Gasteiger partial charge on any atom is -0.398 e. The first-order chi connectivity index (χ1) is 13.8. The summed E-state index contributed by atoms with van der Waals surface area (Å²) in [6, 6.07) is 18.3. The van der Waals surface area contributed by atoms with Gasteiger partial charge in [-0.25, -0.2) is 0 Å². The van der Waals surface area contributed by atoms with Crippen LogP contribution in [0.3, 0.4) is 0 Å². The van der Waals surface area contributed by atoms with E-state index in [-0.39, 0.29) is 11.5 Å². The normalized spacial score (nSPS) is 11.6. The maximum atomic E-state index is 12.6. The van der Waals surface area contributed by atoms with Crippen LogP contribution in [0.4, 0.5) is 11.4 Å². The van der Waals surface area contributed by atoms with E-state index in [9.17, 15) is 10.1 Å². The molecule has 146 valence electrons. The van der Waals surface area contributed by atoms with E-state index in [0.717, 1.165) is 16.7 Å². The number of nitrogens with one attached hydrogen (secondary N) is 1. The second-order valence-corrected chi connectivity index (χ2v) is 7.69. The highest BCUT2D eigenvalue weighted by Crippen LogP contribution is 2.34. The Balaban J connectivity index is 1.93. The summed E-state index contributed by atoms with van der Waals surface area (Å²) in [6.07, 6.45) is 0. The number of anilines is 2. The molecule has 0 spiro atoms. The Hall–Kier alpha value is -3.00. The molecule has 3 aromatic rings. The Kier molecular flexibility index (Phi) is 6.12. The fourth-order valence-electron chi connectivity index (χ4n) is 3.06. The molecule has 1 unspecified atom stereocenters. The Bertz CT molecular complexity index is 1120. The molecule has 1 amide bonds. The standard InChI is InChI=1S/C23H19Cl2N3O/c1-13-3-5-15(6-4-13)19(12-26)17-9-14(2)22(11-20(17)25)28-23(29)18-10-16(24)7-8-21(18)27/h3-11,19H,27H2,1-2H3,(H,28,29). The molecule has 0 fully saturated rings. The van der Waals surface area contributed by atoms with Gasteiger partial charge in [0.15, 0.2) is 0 Å². The molecule has 29 heavy (non-hydrogen) atoms. The van der Waals surface area contributed by atoms with Crippen LogP contribution in [0.15, 0.2) is 54.6 Å². The van der Waals surface area contributed by atoms with Crippen molar-refractivity contribution in [2.45, 2.75) is 19.8 Å². The number of carbonyl (C=O) groups is 1. The number of nitrogen functional groups attached to an aromatic ring is 1. The first-order valence-corrected chi connectivity index (χ1v) is 9.68. The Morgan fingerprint density at radius 3 is 2.41 bits per heavy atom. The lowest BCUT2D eigenvalue weighted by Crippen LogP contribution is -2.15. The Labute approximate surface area is 179 Å². The van der Waals surface area contributed by atoms with Crippen LogP contribution in [0.1, 0.15) is 38.5 Å². The molecular formula is C23H19Cl2N3O. The minimum absolute atomic E-state index is 0.284. The molecule has 0 saturated carbocycles. The van der Waals surface area contributed by atoms with Crippen molar-refractivity contribution in [1.29, 1.82) is 5.26 Å². The van der Waals surface area contributed by atoms with Gasteiger partial charge in [-0.1, -0.05) is 59.1 Å². The zero-order chi connectivity index (χ0) is 21.1. The second-order valence-electron chi connectivity index (χ2n) is 6.85. The number of carbonyl (C=O) groups excluding carboxylic acids is 1. The highest BCUT2D eigenvalue weighted by molar-refractivity contribution is 6.32. The maximum Gasteiger partial charge on any atom is 0.257 e. The van der Waals surface area contributed by atoms with E-state index >= 15 is 0 Å². The van der Waals surface area contributed by atoms with Crippen molar-refractivity contribution in [3.05, 3.63) is 92.5 Å². The highest BCUT2D eigenvalue weighted by Gasteiger charge is 2.19.